The minimum absolute atomic E-state index is 0.408. The lowest BCUT2D eigenvalue weighted by molar-refractivity contribution is -0.140. The standard InChI is InChI=1S/C8H14N2O3/c11-5-6(8(12)13)10-7-3-1-2-4-9-7/h6,11H,1-5H2,(H,9,10)(H,12,13)/t6-/m0/s1. The third-order valence-electron chi connectivity index (χ3n) is 1.95. The molecule has 1 aliphatic heterocycles. The van der Waals surface area contributed by atoms with Crippen LogP contribution in [-0.4, -0.2) is 41.2 Å². The fourth-order valence-electron chi connectivity index (χ4n) is 1.20. The molecular weight excluding hydrogens is 172 g/mol. The predicted octanol–water partition coefficient (Wildman–Crippen LogP) is -0.396. The zero-order chi connectivity index (χ0) is 9.68. The number of carboxylic acid groups (broad SMARTS) is 1. The summed E-state index contributed by atoms with van der Waals surface area (Å²) in [6.45, 7) is 0.342. The van der Waals surface area contributed by atoms with Gasteiger partial charge in [0, 0.05) is 13.0 Å². The van der Waals surface area contributed by atoms with Crippen molar-refractivity contribution in [1.82, 2.24) is 5.32 Å². The van der Waals surface area contributed by atoms with Crippen LogP contribution in [-0.2, 0) is 4.79 Å². The summed E-state index contributed by atoms with van der Waals surface area (Å²) in [6, 6.07) is -0.920. The molecule has 1 heterocycles. The monoisotopic (exact) mass is 186 g/mol. The number of aliphatic hydroxyl groups excluding tert-OH is 1. The molecule has 0 bridgehead atoms. The van der Waals surface area contributed by atoms with E-state index in [-0.39, 0.29) is 0 Å². The second-order valence-corrected chi connectivity index (χ2v) is 3.00. The number of carbonyl (C=O) groups is 1. The molecule has 0 aromatic heterocycles. The number of aliphatic imine (C=N–C) groups is 1. The first-order valence-corrected chi connectivity index (χ1v) is 4.37. The van der Waals surface area contributed by atoms with E-state index in [1.807, 2.05) is 0 Å². The SMILES string of the molecule is O=C(O)[C@H](CO)NC1=NCCCC1. The molecule has 74 valence electrons. The van der Waals surface area contributed by atoms with E-state index in [2.05, 4.69) is 10.3 Å². The highest BCUT2D eigenvalue weighted by molar-refractivity contribution is 5.87. The van der Waals surface area contributed by atoms with Gasteiger partial charge in [-0.2, -0.15) is 0 Å². The van der Waals surface area contributed by atoms with Crippen LogP contribution in [0.4, 0.5) is 0 Å². The summed E-state index contributed by atoms with van der Waals surface area (Å²) in [5.41, 5.74) is 0. The van der Waals surface area contributed by atoms with Crippen molar-refractivity contribution in [3.8, 4) is 0 Å². The minimum Gasteiger partial charge on any atom is -0.480 e. The number of nitrogens with one attached hydrogen (secondary N) is 1. The lowest BCUT2D eigenvalue weighted by atomic mass is 10.1. The van der Waals surface area contributed by atoms with Gasteiger partial charge in [0.05, 0.1) is 12.4 Å². The van der Waals surface area contributed by atoms with Crippen molar-refractivity contribution in [2.24, 2.45) is 4.99 Å². The Bertz CT molecular complexity index is 215. The van der Waals surface area contributed by atoms with E-state index in [0.29, 0.717) is 5.84 Å². The van der Waals surface area contributed by atoms with Gasteiger partial charge in [-0.25, -0.2) is 4.79 Å². The fraction of sp³-hybridized carbons (Fsp3) is 0.750. The summed E-state index contributed by atoms with van der Waals surface area (Å²) < 4.78 is 0. The normalized spacial score (nSPS) is 19.0. The quantitative estimate of drug-likeness (QED) is 0.560. The van der Waals surface area contributed by atoms with Crippen molar-refractivity contribution in [2.45, 2.75) is 25.3 Å². The third-order valence-corrected chi connectivity index (χ3v) is 1.95. The van der Waals surface area contributed by atoms with E-state index < -0.39 is 18.6 Å². The van der Waals surface area contributed by atoms with E-state index in [4.69, 9.17) is 10.2 Å². The zero-order valence-corrected chi connectivity index (χ0v) is 7.36. The smallest absolute Gasteiger partial charge is 0.328 e. The molecule has 13 heavy (non-hydrogen) atoms. The van der Waals surface area contributed by atoms with Gasteiger partial charge in [-0.1, -0.05) is 0 Å². The van der Waals surface area contributed by atoms with Crippen LogP contribution in [0.1, 0.15) is 19.3 Å². The van der Waals surface area contributed by atoms with Crippen molar-refractivity contribution >= 4 is 11.8 Å². The van der Waals surface area contributed by atoms with Gasteiger partial charge in [0.15, 0.2) is 0 Å². The molecule has 0 aliphatic carbocycles. The number of hydrogen-bond acceptors (Lipinski definition) is 4. The van der Waals surface area contributed by atoms with Crippen LogP contribution in [0.25, 0.3) is 0 Å². The molecule has 1 aliphatic rings. The Labute approximate surface area is 76.5 Å². The first kappa shape index (κ1) is 9.98. The number of rotatable bonds is 3. The molecule has 1 rings (SSSR count). The van der Waals surface area contributed by atoms with Crippen molar-refractivity contribution in [3.05, 3.63) is 0 Å². The number of carboxylic acids is 1. The molecule has 0 radical (unpaired) electrons. The molecule has 0 amide bonds. The van der Waals surface area contributed by atoms with Gasteiger partial charge in [0.1, 0.15) is 6.04 Å². The van der Waals surface area contributed by atoms with Gasteiger partial charge in [-0.15, -0.1) is 0 Å². The Hall–Kier alpha value is -1.10. The lowest BCUT2D eigenvalue weighted by Gasteiger charge is -2.17. The van der Waals surface area contributed by atoms with E-state index >= 15 is 0 Å². The zero-order valence-electron chi connectivity index (χ0n) is 7.36. The van der Waals surface area contributed by atoms with Crippen LogP contribution in [0.2, 0.25) is 0 Å². The number of amidine groups is 1. The highest BCUT2D eigenvalue weighted by Crippen LogP contribution is 2.04. The Morgan fingerprint density at radius 1 is 1.62 bits per heavy atom. The first-order chi connectivity index (χ1) is 6.24. The summed E-state index contributed by atoms with van der Waals surface area (Å²) in [5.74, 6) is -0.344. The predicted molar refractivity (Wildman–Crippen MR) is 47.8 cm³/mol. The van der Waals surface area contributed by atoms with Crippen molar-refractivity contribution in [2.75, 3.05) is 13.2 Å². The molecule has 3 N–H and O–H groups in total. The average Bonchev–Trinajstić information content (AvgIpc) is 2.15. The summed E-state index contributed by atoms with van der Waals surface area (Å²) in [6.07, 6.45) is 2.87. The first-order valence-electron chi connectivity index (χ1n) is 4.37. The van der Waals surface area contributed by atoms with Gasteiger partial charge in [0.25, 0.3) is 0 Å². The second kappa shape index (κ2) is 4.81. The molecule has 5 nitrogen and oxygen atoms in total. The van der Waals surface area contributed by atoms with Crippen molar-refractivity contribution < 1.29 is 15.0 Å². The number of nitrogens with zero attached hydrogens (tertiary/aromatic N) is 1. The van der Waals surface area contributed by atoms with Gasteiger partial charge in [-0.3, -0.25) is 4.99 Å². The molecule has 1 atom stereocenters. The van der Waals surface area contributed by atoms with E-state index in [1.165, 1.54) is 0 Å². The van der Waals surface area contributed by atoms with Crippen molar-refractivity contribution in [1.29, 1.82) is 0 Å². The maximum atomic E-state index is 10.5. The summed E-state index contributed by atoms with van der Waals surface area (Å²) >= 11 is 0. The van der Waals surface area contributed by atoms with E-state index in [1.54, 1.807) is 0 Å². The van der Waals surface area contributed by atoms with Crippen molar-refractivity contribution in [3.63, 3.8) is 0 Å². The van der Waals surface area contributed by atoms with Gasteiger partial charge < -0.3 is 15.5 Å². The van der Waals surface area contributed by atoms with Gasteiger partial charge in [-0.05, 0) is 12.8 Å². The molecule has 0 unspecified atom stereocenters. The molecule has 5 heteroatoms. The Kier molecular flexibility index (Phi) is 3.70. The fourth-order valence-corrected chi connectivity index (χ4v) is 1.20. The molecule has 0 aromatic rings. The van der Waals surface area contributed by atoms with Crippen LogP contribution >= 0.6 is 0 Å². The topological polar surface area (TPSA) is 81.9 Å². The van der Waals surface area contributed by atoms with Crippen LogP contribution in [0.3, 0.4) is 0 Å². The molecule has 0 spiro atoms. The van der Waals surface area contributed by atoms with Crippen LogP contribution in [0.5, 0.6) is 0 Å². The largest absolute Gasteiger partial charge is 0.480 e. The number of hydrogen-bond donors (Lipinski definition) is 3. The molecule has 0 aromatic carbocycles. The minimum atomic E-state index is -1.05. The van der Waals surface area contributed by atoms with E-state index in [9.17, 15) is 4.79 Å². The maximum absolute atomic E-state index is 10.5. The summed E-state index contributed by atoms with van der Waals surface area (Å²) in [7, 11) is 0. The highest BCUT2D eigenvalue weighted by Gasteiger charge is 2.17. The number of aliphatic hydroxyl groups is 1. The van der Waals surface area contributed by atoms with Crippen LogP contribution < -0.4 is 5.32 Å². The maximum Gasteiger partial charge on any atom is 0.328 e. The Balaban J connectivity index is 2.45. The van der Waals surface area contributed by atoms with Gasteiger partial charge in [0.2, 0.25) is 0 Å². The Morgan fingerprint density at radius 2 is 2.38 bits per heavy atom. The molecule has 0 saturated carbocycles. The average molecular weight is 186 g/mol. The molecule has 0 fully saturated rings. The Morgan fingerprint density at radius 3 is 2.85 bits per heavy atom. The van der Waals surface area contributed by atoms with Crippen LogP contribution in [0.15, 0.2) is 4.99 Å². The van der Waals surface area contributed by atoms with Gasteiger partial charge >= 0.3 is 5.97 Å². The summed E-state index contributed by atoms with van der Waals surface area (Å²) in [4.78, 5) is 14.7. The molecular formula is C8H14N2O3. The van der Waals surface area contributed by atoms with E-state index in [0.717, 1.165) is 25.8 Å². The second-order valence-electron chi connectivity index (χ2n) is 3.00. The third kappa shape index (κ3) is 3.02. The van der Waals surface area contributed by atoms with Crippen LogP contribution in [0, 0.1) is 0 Å². The lowest BCUT2D eigenvalue weighted by Crippen LogP contribution is -2.43. The highest BCUT2D eigenvalue weighted by atomic mass is 16.4. The number of aliphatic carboxylic acids is 1. The molecule has 0 saturated heterocycles. The summed E-state index contributed by atoms with van der Waals surface area (Å²) in [5, 5.41) is 20.1.